The minimum Gasteiger partial charge on any atom is -0.381 e. The highest BCUT2D eigenvalue weighted by atomic mass is 79.9. The molecular weight excluding hydrogens is 284 g/mol. The normalized spacial score (nSPS) is 18.7. The van der Waals surface area contributed by atoms with Crippen molar-refractivity contribution in [2.45, 2.75) is 25.3 Å². The van der Waals surface area contributed by atoms with E-state index in [1.807, 2.05) is 6.92 Å². The summed E-state index contributed by atoms with van der Waals surface area (Å²) in [4.78, 5) is 16.2. The number of carbonyl (C=O) groups is 1. The molecule has 0 unspecified atom stereocenters. The Hall–Kier alpha value is -0.940. The minimum atomic E-state index is -0.181. The van der Waals surface area contributed by atoms with Gasteiger partial charge in [0.1, 0.15) is 10.3 Å². The number of rotatable bonds is 2. The Morgan fingerprint density at radius 3 is 2.82 bits per heavy atom. The molecule has 0 aromatic carbocycles. The molecule has 1 aromatic rings. The van der Waals surface area contributed by atoms with Crippen molar-refractivity contribution in [1.29, 1.82) is 0 Å². The first-order chi connectivity index (χ1) is 8.09. The van der Waals surface area contributed by atoms with E-state index >= 15 is 0 Å². The van der Waals surface area contributed by atoms with E-state index in [9.17, 15) is 4.79 Å². The molecule has 1 fully saturated rings. The van der Waals surface area contributed by atoms with Crippen LogP contribution >= 0.6 is 15.9 Å². The number of pyridine rings is 1. The molecule has 2 rings (SSSR count). The number of nitrogens with one attached hydrogen (secondary N) is 1. The molecule has 5 heteroatoms. The summed E-state index contributed by atoms with van der Waals surface area (Å²) >= 11 is 3.26. The third-order valence-corrected chi connectivity index (χ3v) is 3.40. The number of amides is 1. The van der Waals surface area contributed by atoms with E-state index in [1.165, 1.54) is 0 Å². The molecule has 0 aliphatic carbocycles. The standard InChI is InChI=1S/C12H15BrN2O2/c1-12(5-7-17-8-6-12)15-11(16)9-3-2-4-10(13)14-9/h2-4H,5-8H2,1H3,(H,15,16). The summed E-state index contributed by atoms with van der Waals surface area (Å²) in [5.74, 6) is -0.129. The Labute approximate surface area is 109 Å². The van der Waals surface area contributed by atoms with Gasteiger partial charge in [0.05, 0.1) is 0 Å². The number of aromatic nitrogens is 1. The van der Waals surface area contributed by atoms with Gasteiger partial charge in [-0.15, -0.1) is 0 Å². The fraction of sp³-hybridized carbons (Fsp3) is 0.500. The van der Waals surface area contributed by atoms with Gasteiger partial charge in [0.15, 0.2) is 0 Å². The van der Waals surface area contributed by atoms with Gasteiger partial charge in [-0.3, -0.25) is 4.79 Å². The zero-order valence-electron chi connectivity index (χ0n) is 9.70. The number of carbonyl (C=O) groups excluding carboxylic acids is 1. The average Bonchev–Trinajstić information content (AvgIpc) is 2.29. The Morgan fingerprint density at radius 1 is 1.47 bits per heavy atom. The van der Waals surface area contributed by atoms with E-state index in [0.717, 1.165) is 12.8 Å². The van der Waals surface area contributed by atoms with Crippen LogP contribution < -0.4 is 5.32 Å². The maximum atomic E-state index is 12.0. The predicted octanol–water partition coefficient (Wildman–Crippen LogP) is 2.14. The number of hydrogen-bond acceptors (Lipinski definition) is 3. The van der Waals surface area contributed by atoms with Gasteiger partial charge < -0.3 is 10.1 Å². The van der Waals surface area contributed by atoms with Crippen LogP contribution in [0.25, 0.3) is 0 Å². The highest BCUT2D eigenvalue weighted by molar-refractivity contribution is 9.10. The van der Waals surface area contributed by atoms with Gasteiger partial charge in [0, 0.05) is 18.8 Å². The lowest BCUT2D eigenvalue weighted by Gasteiger charge is -2.34. The molecule has 0 spiro atoms. The van der Waals surface area contributed by atoms with E-state index in [0.29, 0.717) is 23.5 Å². The third kappa shape index (κ3) is 3.26. The summed E-state index contributed by atoms with van der Waals surface area (Å²) in [6, 6.07) is 5.31. The number of ether oxygens (including phenoxy) is 1. The van der Waals surface area contributed by atoms with Crippen LogP contribution in [0.3, 0.4) is 0 Å². The van der Waals surface area contributed by atoms with Gasteiger partial charge in [-0.1, -0.05) is 6.07 Å². The molecular formula is C12H15BrN2O2. The zero-order valence-corrected chi connectivity index (χ0v) is 11.3. The van der Waals surface area contributed by atoms with E-state index in [2.05, 4.69) is 26.2 Å². The molecule has 1 aliphatic rings. The fourth-order valence-corrected chi connectivity index (χ4v) is 2.16. The first-order valence-corrected chi connectivity index (χ1v) is 6.41. The fourth-order valence-electron chi connectivity index (χ4n) is 1.82. The predicted molar refractivity (Wildman–Crippen MR) is 67.9 cm³/mol. The molecule has 92 valence electrons. The third-order valence-electron chi connectivity index (χ3n) is 2.96. The Morgan fingerprint density at radius 2 is 2.18 bits per heavy atom. The van der Waals surface area contributed by atoms with Crippen molar-refractivity contribution in [3.05, 3.63) is 28.5 Å². The molecule has 1 saturated heterocycles. The lowest BCUT2D eigenvalue weighted by molar-refractivity contribution is 0.0421. The maximum absolute atomic E-state index is 12.0. The molecule has 1 aromatic heterocycles. The average molecular weight is 299 g/mol. The quantitative estimate of drug-likeness (QED) is 0.851. The first kappa shape index (κ1) is 12.5. The molecule has 17 heavy (non-hydrogen) atoms. The lowest BCUT2D eigenvalue weighted by Crippen LogP contribution is -2.49. The van der Waals surface area contributed by atoms with Crippen LogP contribution in [0.15, 0.2) is 22.8 Å². The van der Waals surface area contributed by atoms with Crippen molar-refractivity contribution in [3.8, 4) is 0 Å². The summed E-state index contributed by atoms with van der Waals surface area (Å²) in [5.41, 5.74) is 0.256. The monoisotopic (exact) mass is 298 g/mol. The van der Waals surface area contributed by atoms with E-state index in [1.54, 1.807) is 18.2 Å². The molecule has 1 aliphatic heterocycles. The first-order valence-electron chi connectivity index (χ1n) is 5.62. The molecule has 0 saturated carbocycles. The molecule has 0 bridgehead atoms. The molecule has 4 nitrogen and oxygen atoms in total. The van der Waals surface area contributed by atoms with Crippen molar-refractivity contribution in [2.24, 2.45) is 0 Å². The summed E-state index contributed by atoms with van der Waals surface area (Å²) < 4.78 is 5.97. The zero-order chi connectivity index (χ0) is 12.3. The van der Waals surface area contributed by atoms with Crippen LogP contribution in [0.2, 0.25) is 0 Å². The van der Waals surface area contributed by atoms with Crippen molar-refractivity contribution in [3.63, 3.8) is 0 Å². The van der Waals surface area contributed by atoms with E-state index in [-0.39, 0.29) is 11.4 Å². The molecule has 2 heterocycles. The maximum Gasteiger partial charge on any atom is 0.270 e. The number of hydrogen-bond donors (Lipinski definition) is 1. The van der Waals surface area contributed by atoms with Gasteiger partial charge in [0.25, 0.3) is 5.91 Å². The topological polar surface area (TPSA) is 51.2 Å². The van der Waals surface area contributed by atoms with E-state index in [4.69, 9.17) is 4.74 Å². The van der Waals surface area contributed by atoms with Gasteiger partial charge in [-0.2, -0.15) is 0 Å². The smallest absolute Gasteiger partial charge is 0.270 e. The number of nitrogens with zero attached hydrogens (tertiary/aromatic N) is 1. The summed E-state index contributed by atoms with van der Waals surface area (Å²) in [7, 11) is 0. The minimum absolute atomic E-state index is 0.129. The van der Waals surface area contributed by atoms with Crippen molar-refractivity contribution in [2.75, 3.05) is 13.2 Å². The SMILES string of the molecule is CC1(NC(=O)c2cccc(Br)n2)CCOCC1. The second-order valence-electron chi connectivity index (χ2n) is 4.47. The van der Waals surface area contributed by atoms with Gasteiger partial charge >= 0.3 is 0 Å². The highest BCUT2D eigenvalue weighted by Gasteiger charge is 2.29. The van der Waals surface area contributed by atoms with Crippen molar-refractivity contribution < 1.29 is 9.53 Å². The highest BCUT2D eigenvalue weighted by Crippen LogP contribution is 2.20. The molecule has 1 N–H and O–H groups in total. The van der Waals surface area contributed by atoms with Gasteiger partial charge in [0.2, 0.25) is 0 Å². The second kappa shape index (κ2) is 5.14. The Kier molecular flexibility index (Phi) is 3.79. The molecule has 0 atom stereocenters. The van der Waals surface area contributed by atoms with E-state index < -0.39 is 0 Å². The van der Waals surface area contributed by atoms with Crippen molar-refractivity contribution in [1.82, 2.24) is 10.3 Å². The van der Waals surface area contributed by atoms with Crippen LogP contribution in [0.4, 0.5) is 0 Å². The van der Waals surface area contributed by atoms with Crippen LogP contribution in [-0.4, -0.2) is 29.6 Å². The van der Waals surface area contributed by atoms with Crippen LogP contribution in [0.1, 0.15) is 30.3 Å². The van der Waals surface area contributed by atoms with Crippen molar-refractivity contribution >= 4 is 21.8 Å². The second-order valence-corrected chi connectivity index (χ2v) is 5.29. The summed E-state index contributed by atoms with van der Waals surface area (Å²) in [5, 5.41) is 3.04. The number of halogens is 1. The largest absolute Gasteiger partial charge is 0.381 e. The Bertz CT molecular complexity index is 417. The summed E-state index contributed by atoms with van der Waals surface area (Å²) in [6.07, 6.45) is 1.68. The molecule has 1 amide bonds. The van der Waals surface area contributed by atoms with Crippen LogP contribution in [0, 0.1) is 0 Å². The van der Waals surface area contributed by atoms with Crippen LogP contribution in [0.5, 0.6) is 0 Å². The van der Waals surface area contributed by atoms with Crippen LogP contribution in [-0.2, 0) is 4.74 Å². The summed E-state index contributed by atoms with van der Waals surface area (Å²) in [6.45, 7) is 3.44. The lowest BCUT2D eigenvalue weighted by atomic mass is 9.92. The Balaban J connectivity index is 2.06. The molecule has 0 radical (unpaired) electrons. The van der Waals surface area contributed by atoms with Gasteiger partial charge in [-0.05, 0) is 47.8 Å². The van der Waals surface area contributed by atoms with Gasteiger partial charge in [-0.25, -0.2) is 4.98 Å².